The molecule has 1 aromatic rings. The Hall–Kier alpha value is -3.34. The number of carbonyl (C=O) groups is 3. The maximum absolute atomic E-state index is 12.5. The Kier molecular flexibility index (Phi) is 9.56. The van der Waals surface area contributed by atoms with Crippen LogP contribution in [0.1, 0.15) is 18.9 Å². The van der Waals surface area contributed by atoms with Gasteiger partial charge in [0.05, 0.1) is 19.6 Å². The second-order valence-electron chi connectivity index (χ2n) is 7.26. The lowest BCUT2D eigenvalue weighted by Gasteiger charge is -2.19. The summed E-state index contributed by atoms with van der Waals surface area (Å²) in [6.07, 6.45) is 1.38. The standard InChI is InChI=1S/C20H31N7O4/c1-13-12-31-16-7-3-2-5-14(16)6-4-8-23-19(30)15(9-26-20(21)22)27-18(29)11-25-17(28)10-24-13/h2-3,5,7,13,15,24H,4,6,8-12H2,1H3,(H,23,30)(H,25,28)(H,27,29)(H4,21,22,26). The van der Waals surface area contributed by atoms with Crippen molar-refractivity contribution in [2.45, 2.75) is 31.8 Å². The summed E-state index contributed by atoms with van der Waals surface area (Å²) in [5.74, 6) is -0.706. The number of fused-ring (bicyclic) bond motifs is 1. The molecule has 11 heteroatoms. The van der Waals surface area contributed by atoms with E-state index in [1.165, 1.54) is 0 Å². The van der Waals surface area contributed by atoms with E-state index in [0.717, 1.165) is 11.3 Å². The van der Waals surface area contributed by atoms with Crippen molar-refractivity contribution in [3.8, 4) is 5.75 Å². The molecule has 0 spiro atoms. The molecule has 1 heterocycles. The van der Waals surface area contributed by atoms with Gasteiger partial charge in [-0.3, -0.25) is 19.4 Å². The first-order valence-electron chi connectivity index (χ1n) is 10.2. The van der Waals surface area contributed by atoms with Crippen LogP contribution in [0.15, 0.2) is 29.3 Å². The minimum atomic E-state index is -0.959. The number of nitrogens with two attached hydrogens (primary N) is 2. The van der Waals surface area contributed by atoms with E-state index in [1.807, 2.05) is 31.2 Å². The van der Waals surface area contributed by atoms with Crippen molar-refractivity contribution in [3.63, 3.8) is 0 Å². The fraction of sp³-hybridized carbons (Fsp3) is 0.500. The number of aliphatic imine (C=N–C) groups is 1. The monoisotopic (exact) mass is 433 g/mol. The van der Waals surface area contributed by atoms with Crippen molar-refractivity contribution in [2.75, 3.05) is 32.8 Å². The van der Waals surface area contributed by atoms with Crippen LogP contribution < -0.4 is 37.5 Å². The maximum Gasteiger partial charge on any atom is 0.244 e. The lowest BCUT2D eigenvalue weighted by atomic mass is 10.1. The summed E-state index contributed by atoms with van der Waals surface area (Å²) < 4.78 is 5.91. The fourth-order valence-electron chi connectivity index (χ4n) is 2.88. The molecule has 8 N–H and O–H groups in total. The number of nitrogens with zero attached hydrogens (tertiary/aromatic N) is 1. The predicted octanol–water partition coefficient (Wildman–Crippen LogP) is -2.02. The molecule has 0 saturated carbocycles. The van der Waals surface area contributed by atoms with Crippen molar-refractivity contribution in [1.82, 2.24) is 21.3 Å². The van der Waals surface area contributed by atoms with Gasteiger partial charge in [-0.1, -0.05) is 18.2 Å². The molecule has 0 bridgehead atoms. The largest absolute Gasteiger partial charge is 0.492 e. The van der Waals surface area contributed by atoms with Gasteiger partial charge in [0, 0.05) is 12.6 Å². The first-order valence-corrected chi connectivity index (χ1v) is 10.2. The number of carbonyl (C=O) groups excluding carboxylic acids is 3. The molecule has 11 nitrogen and oxygen atoms in total. The number of hydrogen-bond donors (Lipinski definition) is 6. The van der Waals surface area contributed by atoms with Crippen LogP contribution in [0, 0.1) is 0 Å². The first-order chi connectivity index (χ1) is 14.8. The van der Waals surface area contributed by atoms with Gasteiger partial charge in [0.2, 0.25) is 17.7 Å². The minimum absolute atomic E-state index is 0.0252. The molecule has 3 amide bonds. The average molecular weight is 434 g/mol. The Labute approximate surface area is 181 Å². The number of rotatable bonds is 2. The van der Waals surface area contributed by atoms with Crippen LogP contribution in [0.2, 0.25) is 0 Å². The quantitative estimate of drug-likeness (QED) is 0.231. The summed E-state index contributed by atoms with van der Waals surface area (Å²) in [6, 6.07) is 6.66. The lowest BCUT2D eigenvalue weighted by molar-refractivity contribution is -0.129. The molecule has 0 radical (unpaired) electrons. The van der Waals surface area contributed by atoms with Crippen LogP contribution in [-0.2, 0) is 20.8 Å². The first kappa shape index (κ1) is 23.9. The van der Waals surface area contributed by atoms with Gasteiger partial charge in [-0.2, -0.15) is 0 Å². The summed E-state index contributed by atoms with van der Waals surface area (Å²) >= 11 is 0. The molecule has 0 fully saturated rings. The topological polar surface area (TPSA) is 173 Å². The summed E-state index contributed by atoms with van der Waals surface area (Å²) in [4.78, 5) is 40.5. The number of para-hydroxylation sites is 1. The van der Waals surface area contributed by atoms with Crippen LogP contribution in [0.4, 0.5) is 0 Å². The SMILES string of the molecule is CC1COc2ccccc2CCCNC(=O)C(CN=C(N)N)NC(=O)CNC(=O)CN1. The van der Waals surface area contributed by atoms with Crippen LogP contribution in [0.25, 0.3) is 0 Å². The molecule has 170 valence electrons. The highest BCUT2D eigenvalue weighted by molar-refractivity contribution is 5.90. The Morgan fingerprint density at radius 2 is 1.90 bits per heavy atom. The van der Waals surface area contributed by atoms with E-state index in [0.29, 0.717) is 26.0 Å². The van der Waals surface area contributed by atoms with Gasteiger partial charge < -0.3 is 37.5 Å². The van der Waals surface area contributed by atoms with Gasteiger partial charge in [0.1, 0.15) is 18.4 Å². The third-order valence-corrected chi connectivity index (χ3v) is 4.55. The molecule has 0 aromatic heterocycles. The van der Waals surface area contributed by atoms with E-state index in [4.69, 9.17) is 16.2 Å². The highest BCUT2D eigenvalue weighted by atomic mass is 16.5. The Balaban J connectivity index is 2.10. The van der Waals surface area contributed by atoms with E-state index in [1.54, 1.807) is 0 Å². The van der Waals surface area contributed by atoms with Crippen molar-refractivity contribution < 1.29 is 19.1 Å². The zero-order chi connectivity index (χ0) is 22.6. The average Bonchev–Trinajstić information content (AvgIpc) is 2.74. The molecule has 2 atom stereocenters. The van der Waals surface area contributed by atoms with Crippen molar-refractivity contribution in [2.24, 2.45) is 16.5 Å². The Morgan fingerprint density at radius 3 is 2.68 bits per heavy atom. The van der Waals surface area contributed by atoms with Gasteiger partial charge in [0.25, 0.3) is 0 Å². The van der Waals surface area contributed by atoms with Crippen LogP contribution in [0.3, 0.4) is 0 Å². The smallest absolute Gasteiger partial charge is 0.244 e. The van der Waals surface area contributed by atoms with Crippen LogP contribution >= 0.6 is 0 Å². The number of ether oxygens (including phenoxy) is 1. The van der Waals surface area contributed by atoms with E-state index >= 15 is 0 Å². The highest BCUT2D eigenvalue weighted by Crippen LogP contribution is 2.19. The second kappa shape index (κ2) is 12.4. The van der Waals surface area contributed by atoms with Gasteiger partial charge >= 0.3 is 0 Å². The molecule has 31 heavy (non-hydrogen) atoms. The second-order valence-corrected chi connectivity index (χ2v) is 7.26. The zero-order valence-corrected chi connectivity index (χ0v) is 17.6. The highest BCUT2D eigenvalue weighted by Gasteiger charge is 2.21. The molecule has 1 aliphatic rings. The van der Waals surface area contributed by atoms with Gasteiger partial charge in [-0.15, -0.1) is 0 Å². The molecular formula is C20H31N7O4. The van der Waals surface area contributed by atoms with Gasteiger partial charge in [-0.25, -0.2) is 0 Å². The van der Waals surface area contributed by atoms with E-state index < -0.39 is 17.9 Å². The number of guanidine groups is 1. The molecule has 2 unspecified atom stereocenters. The molecule has 1 aromatic carbocycles. The fourth-order valence-corrected chi connectivity index (χ4v) is 2.88. The van der Waals surface area contributed by atoms with E-state index in [-0.39, 0.29) is 37.5 Å². The number of nitrogens with one attached hydrogen (secondary N) is 4. The number of aryl methyl sites for hydroxylation is 1. The normalized spacial score (nSPS) is 21.8. The maximum atomic E-state index is 12.5. The Bertz CT molecular complexity index is 795. The summed E-state index contributed by atoms with van der Waals surface area (Å²) in [6.45, 7) is 2.33. The molecule has 1 aliphatic heterocycles. The van der Waals surface area contributed by atoms with Gasteiger partial charge in [0.15, 0.2) is 5.96 Å². The van der Waals surface area contributed by atoms with Crippen molar-refractivity contribution in [3.05, 3.63) is 29.8 Å². The van der Waals surface area contributed by atoms with Crippen LogP contribution in [0.5, 0.6) is 5.75 Å². The number of hydrogen-bond acceptors (Lipinski definition) is 6. The van der Waals surface area contributed by atoms with Crippen molar-refractivity contribution in [1.29, 1.82) is 0 Å². The van der Waals surface area contributed by atoms with E-state index in [2.05, 4.69) is 26.3 Å². The molecule has 0 saturated heterocycles. The lowest BCUT2D eigenvalue weighted by Crippen LogP contribution is -2.52. The predicted molar refractivity (Wildman–Crippen MR) is 116 cm³/mol. The Morgan fingerprint density at radius 1 is 1.13 bits per heavy atom. The third kappa shape index (κ3) is 8.91. The number of amides is 3. The summed E-state index contributed by atoms with van der Waals surface area (Å²) in [5.41, 5.74) is 11.7. The minimum Gasteiger partial charge on any atom is -0.492 e. The molecule has 0 aliphatic carbocycles. The zero-order valence-electron chi connectivity index (χ0n) is 17.6. The molecular weight excluding hydrogens is 402 g/mol. The third-order valence-electron chi connectivity index (χ3n) is 4.55. The number of benzene rings is 1. The van der Waals surface area contributed by atoms with Gasteiger partial charge in [-0.05, 0) is 31.4 Å². The van der Waals surface area contributed by atoms with E-state index in [9.17, 15) is 14.4 Å². The van der Waals surface area contributed by atoms with Crippen molar-refractivity contribution >= 4 is 23.7 Å². The summed E-state index contributed by atoms with van der Waals surface area (Å²) in [7, 11) is 0. The molecule has 2 rings (SSSR count). The van der Waals surface area contributed by atoms with Crippen LogP contribution in [-0.4, -0.2) is 68.6 Å². The summed E-state index contributed by atoms with van der Waals surface area (Å²) in [5, 5.41) is 10.9.